The van der Waals surface area contributed by atoms with Crippen molar-refractivity contribution in [2.24, 2.45) is 0 Å². The number of rotatable bonds is 5. The van der Waals surface area contributed by atoms with Gasteiger partial charge in [0.15, 0.2) is 0 Å². The smallest absolute Gasteiger partial charge is 0.295 e. The van der Waals surface area contributed by atoms with Crippen LogP contribution in [0.4, 0.5) is 0 Å². The number of hydrogen-bond acceptors (Lipinski definition) is 5. The number of hydrogen-bond donors (Lipinski definition) is 1. The summed E-state index contributed by atoms with van der Waals surface area (Å²) in [6.07, 6.45) is 1.73. The molecule has 0 aromatic heterocycles. The second-order valence-electron chi connectivity index (χ2n) is 8.96. The lowest BCUT2D eigenvalue weighted by atomic mass is 9.93. The van der Waals surface area contributed by atoms with Crippen LogP contribution in [0, 0.1) is 6.92 Å². The molecule has 0 saturated carbocycles. The Hall–Kier alpha value is -4.06. The van der Waals surface area contributed by atoms with E-state index in [-0.39, 0.29) is 17.9 Å². The number of benzene rings is 3. The molecule has 1 N–H and O–H groups in total. The van der Waals surface area contributed by atoms with Gasteiger partial charge in [-0.05, 0) is 66.8 Å². The molecule has 6 heteroatoms. The van der Waals surface area contributed by atoms with E-state index >= 15 is 0 Å². The second-order valence-corrected chi connectivity index (χ2v) is 8.96. The maximum atomic E-state index is 13.3. The molecule has 1 unspecified atom stereocenters. The van der Waals surface area contributed by atoms with Crippen molar-refractivity contribution in [2.75, 3.05) is 13.7 Å². The molecule has 0 bridgehead atoms. The average molecular weight is 470 g/mol. The Morgan fingerprint density at radius 1 is 1.09 bits per heavy atom. The van der Waals surface area contributed by atoms with Crippen molar-refractivity contribution in [3.05, 3.63) is 100 Å². The number of ketones is 1. The SMILES string of the molecule is COc1ccc(CN2C(=O)C(=O)/C(=C(\O)c3ccc4c(c3)CCCO4)C2c2cccc(C)c2)cc1. The number of aryl methyl sites for hydroxylation is 2. The first-order valence-corrected chi connectivity index (χ1v) is 11.7. The monoisotopic (exact) mass is 469 g/mol. The van der Waals surface area contributed by atoms with Gasteiger partial charge in [0, 0.05) is 12.1 Å². The molecule has 5 rings (SSSR count). The van der Waals surface area contributed by atoms with Gasteiger partial charge in [-0.15, -0.1) is 0 Å². The van der Waals surface area contributed by atoms with Crippen LogP contribution in [-0.2, 0) is 22.6 Å². The van der Waals surface area contributed by atoms with E-state index in [9.17, 15) is 14.7 Å². The standard InChI is InChI=1S/C29H27NO5/c1-18-5-3-6-21(15-18)26-25(27(31)22-10-13-24-20(16-22)7-4-14-35-24)28(32)29(33)30(26)17-19-8-11-23(34-2)12-9-19/h3,5-6,8-13,15-16,26,31H,4,7,14,17H2,1-2H3/b27-25-. The molecule has 3 aromatic rings. The molecule has 178 valence electrons. The van der Waals surface area contributed by atoms with Gasteiger partial charge in [-0.25, -0.2) is 0 Å². The molecule has 1 amide bonds. The number of methoxy groups -OCH3 is 1. The fraction of sp³-hybridized carbons (Fsp3) is 0.241. The molecule has 0 aliphatic carbocycles. The number of likely N-dealkylation sites (tertiary alicyclic amines) is 1. The zero-order valence-electron chi connectivity index (χ0n) is 19.8. The van der Waals surface area contributed by atoms with E-state index in [2.05, 4.69) is 0 Å². The normalized spacial score (nSPS) is 18.8. The third-order valence-corrected chi connectivity index (χ3v) is 6.59. The van der Waals surface area contributed by atoms with E-state index in [4.69, 9.17) is 9.47 Å². The zero-order valence-corrected chi connectivity index (χ0v) is 19.8. The Morgan fingerprint density at radius 3 is 2.63 bits per heavy atom. The molecule has 2 aliphatic heterocycles. The number of carbonyl (C=O) groups is 2. The molecule has 3 aromatic carbocycles. The maximum absolute atomic E-state index is 13.3. The van der Waals surface area contributed by atoms with Crippen LogP contribution in [0.1, 0.15) is 40.3 Å². The zero-order chi connectivity index (χ0) is 24.5. The highest BCUT2D eigenvalue weighted by Crippen LogP contribution is 2.41. The molecule has 2 aliphatic rings. The molecule has 6 nitrogen and oxygen atoms in total. The lowest BCUT2D eigenvalue weighted by Gasteiger charge is -2.26. The maximum Gasteiger partial charge on any atom is 0.295 e. The molecule has 35 heavy (non-hydrogen) atoms. The predicted molar refractivity (Wildman–Crippen MR) is 132 cm³/mol. The van der Waals surface area contributed by atoms with Gasteiger partial charge < -0.3 is 19.5 Å². The summed E-state index contributed by atoms with van der Waals surface area (Å²) in [6.45, 7) is 2.85. The van der Waals surface area contributed by atoms with E-state index < -0.39 is 17.7 Å². The Morgan fingerprint density at radius 2 is 1.89 bits per heavy atom. The Bertz CT molecular complexity index is 1330. The molecule has 1 atom stereocenters. The lowest BCUT2D eigenvalue weighted by molar-refractivity contribution is -0.140. The number of Topliss-reactive ketones (excluding diaryl/α,β-unsaturated/α-hetero) is 1. The molecule has 2 heterocycles. The summed E-state index contributed by atoms with van der Waals surface area (Å²) in [6, 6.07) is 19.8. The van der Waals surface area contributed by atoms with Gasteiger partial charge in [0.2, 0.25) is 0 Å². The van der Waals surface area contributed by atoms with Crippen molar-refractivity contribution in [1.29, 1.82) is 0 Å². The highest BCUT2D eigenvalue weighted by atomic mass is 16.5. The number of aliphatic hydroxyl groups excluding tert-OH is 1. The van der Waals surface area contributed by atoms with Crippen molar-refractivity contribution in [3.63, 3.8) is 0 Å². The first kappa shape index (κ1) is 22.7. The number of ether oxygens (including phenoxy) is 2. The van der Waals surface area contributed by atoms with Crippen molar-refractivity contribution >= 4 is 17.4 Å². The van der Waals surface area contributed by atoms with Crippen molar-refractivity contribution < 1.29 is 24.2 Å². The summed E-state index contributed by atoms with van der Waals surface area (Å²) >= 11 is 0. The molecule has 0 spiro atoms. The highest BCUT2D eigenvalue weighted by molar-refractivity contribution is 6.46. The van der Waals surface area contributed by atoms with Crippen LogP contribution in [0.15, 0.2) is 72.3 Å². The number of amides is 1. The summed E-state index contributed by atoms with van der Waals surface area (Å²) < 4.78 is 10.9. The van der Waals surface area contributed by atoms with Crippen LogP contribution in [0.25, 0.3) is 5.76 Å². The Labute approximate surface area is 204 Å². The van der Waals surface area contributed by atoms with Crippen LogP contribution < -0.4 is 9.47 Å². The summed E-state index contributed by atoms with van der Waals surface area (Å²) in [5, 5.41) is 11.4. The quantitative estimate of drug-likeness (QED) is 0.325. The number of fused-ring (bicyclic) bond motifs is 1. The third kappa shape index (κ3) is 4.28. The van der Waals surface area contributed by atoms with E-state index in [1.807, 2.05) is 67.6 Å². The van der Waals surface area contributed by atoms with Gasteiger partial charge in [-0.3, -0.25) is 9.59 Å². The minimum absolute atomic E-state index is 0.103. The van der Waals surface area contributed by atoms with Crippen LogP contribution in [0.3, 0.4) is 0 Å². The predicted octanol–water partition coefficient (Wildman–Crippen LogP) is 4.95. The fourth-order valence-corrected chi connectivity index (χ4v) is 4.82. The average Bonchev–Trinajstić information content (AvgIpc) is 3.13. The van der Waals surface area contributed by atoms with Crippen LogP contribution in [0.2, 0.25) is 0 Å². The first-order valence-electron chi connectivity index (χ1n) is 11.7. The van der Waals surface area contributed by atoms with Gasteiger partial charge in [0.1, 0.15) is 17.3 Å². The van der Waals surface area contributed by atoms with Crippen LogP contribution in [0.5, 0.6) is 11.5 Å². The summed E-state index contributed by atoms with van der Waals surface area (Å²) in [7, 11) is 1.60. The van der Waals surface area contributed by atoms with E-state index in [1.165, 1.54) is 4.90 Å². The summed E-state index contributed by atoms with van der Waals surface area (Å²) in [5.74, 6) is 0.0255. The van der Waals surface area contributed by atoms with Gasteiger partial charge in [0.05, 0.1) is 25.3 Å². The van der Waals surface area contributed by atoms with Gasteiger partial charge >= 0.3 is 0 Å². The van der Waals surface area contributed by atoms with Crippen molar-refractivity contribution in [1.82, 2.24) is 4.90 Å². The second kappa shape index (κ2) is 9.29. The molecular weight excluding hydrogens is 442 g/mol. The topological polar surface area (TPSA) is 76.1 Å². The molecule has 1 saturated heterocycles. The lowest BCUT2D eigenvalue weighted by Crippen LogP contribution is -2.29. The first-order chi connectivity index (χ1) is 17.0. The summed E-state index contributed by atoms with van der Waals surface area (Å²) in [5.41, 5.74) is 4.24. The number of nitrogens with zero attached hydrogens (tertiary/aromatic N) is 1. The Kier molecular flexibility index (Phi) is 6.03. The molecular formula is C29H27NO5. The van der Waals surface area contributed by atoms with Crippen molar-refractivity contribution in [2.45, 2.75) is 32.4 Å². The fourth-order valence-electron chi connectivity index (χ4n) is 4.82. The Balaban J connectivity index is 1.61. The number of carbonyl (C=O) groups excluding carboxylic acids is 2. The van der Waals surface area contributed by atoms with Gasteiger partial charge in [-0.1, -0.05) is 42.0 Å². The van der Waals surface area contributed by atoms with E-state index in [1.54, 1.807) is 13.2 Å². The van der Waals surface area contributed by atoms with Crippen LogP contribution in [-0.4, -0.2) is 35.4 Å². The van der Waals surface area contributed by atoms with Gasteiger partial charge in [0.25, 0.3) is 11.7 Å². The minimum Gasteiger partial charge on any atom is -0.507 e. The third-order valence-electron chi connectivity index (χ3n) is 6.59. The van der Waals surface area contributed by atoms with Gasteiger partial charge in [-0.2, -0.15) is 0 Å². The number of aliphatic hydroxyl groups is 1. The van der Waals surface area contributed by atoms with E-state index in [0.717, 1.165) is 40.8 Å². The molecule has 0 radical (unpaired) electrons. The minimum atomic E-state index is -0.704. The van der Waals surface area contributed by atoms with Crippen molar-refractivity contribution in [3.8, 4) is 11.5 Å². The summed E-state index contributed by atoms with van der Waals surface area (Å²) in [4.78, 5) is 28.1. The largest absolute Gasteiger partial charge is 0.507 e. The van der Waals surface area contributed by atoms with Crippen LogP contribution >= 0.6 is 0 Å². The van der Waals surface area contributed by atoms with E-state index in [0.29, 0.717) is 17.9 Å². The highest BCUT2D eigenvalue weighted by Gasteiger charge is 2.46. The molecule has 1 fully saturated rings.